The summed E-state index contributed by atoms with van der Waals surface area (Å²) in [6, 6.07) is 3.85. The van der Waals surface area contributed by atoms with Crippen molar-refractivity contribution in [3.8, 4) is 5.75 Å². The number of nitrogens with one attached hydrogen (secondary N) is 1. The average molecular weight is 194 g/mol. The van der Waals surface area contributed by atoms with Crippen LogP contribution in [0, 0.1) is 0 Å². The molecule has 0 fully saturated rings. The van der Waals surface area contributed by atoms with E-state index in [0.717, 1.165) is 37.4 Å². The first-order valence-electron chi connectivity index (χ1n) is 5.07. The Balaban J connectivity index is 2.41. The number of nitrogens with zero attached hydrogens (tertiary/aromatic N) is 1. The number of pyridine rings is 1. The molecule has 78 valence electrons. The van der Waals surface area contributed by atoms with Gasteiger partial charge in [-0.1, -0.05) is 6.92 Å². The van der Waals surface area contributed by atoms with E-state index in [1.807, 2.05) is 18.3 Å². The van der Waals surface area contributed by atoms with Gasteiger partial charge in [0.2, 0.25) is 0 Å². The van der Waals surface area contributed by atoms with E-state index in [1.165, 1.54) is 0 Å². The maximum Gasteiger partial charge on any atom is 0.140 e. The van der Waals surface area contributed by atoms with Gasteiger partial charge in [0.1, 0.15) is 5.75 Å². The predicted molar refractivity (Wildman–Crippen MR) is 57.7 cm³/mol. The summed E-state index contributed by atoms with van der Waals surface area (Å²) in [6.07, 6.45) is 3.88. The number of aromatic nitrogens is 1. The third-order valence-electron chi connectivity index (χ3n) is 2.09. The smallest absolute Gasteiger partial charge is 0.140 e. The van der Waals surface area contributed by atoms with Crippen molar-refractivity contribution in [2.75, 3.05) is 20.2 Å². The van der Waals surface area contributed by atoms with Gasteiger partial charge in [0.15, 0.2) is 0 Å². The zero-order valence-electron chi connectivity index (χ0n) is 8.92. The average Bonchev–Trinajstić information content (AvgIpc) is 2.25. The molecule has 1 aromatic rings. The van der Waals surface area contributed by atoms with E-state index in [1.54, 1.807) is 7.11 Å². The third-order valence-corrected chi connectivity index (χ3v) is 2.09. The molecule has 0 radical (unpaired) electrons. The molecule has 0 aliphatic carbocycles. The lowest BCUT2D eigenvalue weighted by Crippen LogP contribution is -2.14. The SMILES string of the molecule is CCNCCCc1ncccc1OC. The molecule has 0 aliphatic heterocycles. The fraction of sp³-hybridized carbons (Fsp3) is 0.545. The number of rotatable bonds is 6. The molecule has 0 unspecified atom stereocenters. The van der Waals surface area contributed by atoms with Crippen LogP contribution < -0.4 is 10.1 Å². The standard InChI is InChI=1S/C11H18N2O/c1-3-12-8-4-6-10-11(14-2)7-5-9-13-10/h5,7,9,12H,3-4,6,8H2,1-2H3. The van der Waals surface area contributed by atoms with Crippen LogP contribution in [0.3, 0.4) is 0 Å². The molecular weight excluding hydrogens is 176 g/mol. The molecule has 14 heavy (non-hydrogen) atoms. The van der Waals surface area contributed by atoms with Gasteiger partial charge in [0, 0.05) is 6.20 Å². The largest absolute Gasteiger partial charge is 0.495 e. The van der Waals surface area contributed by atoms with Crippen molar-refractivity contribution in [1.82, 2.24) is 10.3 Å². The summed E-state index contributed by atoms with van der Waals surface area (Å²) in [7, 11) is 1.69. The Morgan fingerprint density at radius 1 is 1.50 bits per heavy atom. The minimum atomic E-state index is 0.893. The predicted octanol–water partition coefficient (Wildman–Crippen LogP) is 1.63. The lowest BCUT2D eigenvalue weighted by Gasteiger charge is -2.06. The van der Waals surface area contributed by atoms with Crippen molar-refractivity contribution in [3.05, 3.63) is 24.0 Å². The van der Waals surface area contributed by atoms with E-state index in [4.69, 9.17) is 4.74 Å². The van der Waals surface area contributed by atoms with Gasteiger partial charge in [-0.25, -0.2) is 0 Å². The summed E-state index contributed by atoms with van der Waals surface area (Å²) in [5.41, 5.74) is 1.05. The van der Waals surface area contributed by atoms with Gasteiger partial charge in [-0.2, -0.15) is 0 Å². The quantitative estimate of drug-likeness (QED) is 0.699. The lowest BCUT2D eigenvalue weighted by molar-refractivity contribution is 0.406. The Bertz CT molecular complexity index is 263. The maximum atomic E-state index is 5.22. The molecule has 1 rings (SSSR count). The summed E-state index contributed by atoms with van der Waals surface area (Å²) < 4.78 is 5.22. The Morgan fingerprint density at radius 3 is 3.07 bits per heavy atom. The zero-order valence-corrected chi connectivity index (χ0v) is 8.92. The molecule has 0 saturated carbocycles. The summed E-state index contributed by atoms with van der Waals surface area (Å²) in [6.45, 7) is 4.18. The number of ether oxygens (including phenoxy) is 1. The Hall–Kier alpha value is -1.09. The van der Waals surface area contributed by atoms with Crippen molar-refractivity contribution in [2.45, 2.75) is 19.8 Å². The molecule has 1 aromatic heterocycles. The number of hydrogen-bond donors (Lipinski definition) is 1. The molecule has 0 aromatic carbocycles. The van der Waals surface area contributed by atoms with Crippen LogP contribution in [-0.4, -0.2) is 25.2 Å². The van der Waals surface area contributed by atoms with Crippen molar-refractivity contribution >= 4 is 0 Å². The second-order valence-corrected chi connectivity index (χ2v) is 3.11. The minimum Gasteiger partial charge on any atom is -0.495 e. The highest BCUT2D eigenvalue weighted by Gasteiger charge is 2.01. The molecule has 0 amide bonds. The summed E-state index contributed by atoms with van der Waals surface area (Å²) in [5, 5.41) is 3.29. The van der Waals surface area contributed by atoms with E-state index in [0.29, 0.717) is 0 Å². The Kier molecular flexibility index (Phi) is 5.00. The number of methoxy groups -OCH3 is 1. The van der Waals surface area contributed by atoms with E-state index < -0.39 is 0 Å². The Morgan fingerprint density at radius 2 is 2.36 bits per heavy atom. The van der Waals surface area contributed by atoms with E-state index >= 15 is 0 Å². The van der Waals surface area contributed by atoms with Gasteiger partial charge in [-0.15, -0.1) is 0 Å². The monoisotopic (exact) mass is 194 g/mol. The molecule has 3 heteroatoms. The van der Waals surface area contributed by atoms with Crippen molar-refractivity contribution in [3.63, 3.8) is 0 Å². The number of aryl methyl sites for hydroxylation is 1. The molecule has 0 aliphatic rings. The van der Waals surface area contributed by atoms with Crippen molar-refractivity contribution in [1.29, 1.82) is 0 Å². The highest BCUT2D eigenvalue weighted by Crippen LogP contribution is 2.15. The third kappa shape index (κ3) is 3.34. The molecule has 0 bridgehead atoms. The Labute approximate surface area is 85.5 Å². The van der Waals surface area contributed by atoms with Crippen LogP contribution in [0.15, 0.2) is 18.3 Å². The van der Waals surface area contributed by atoms with Gasteiger partial charge in [0.05, 0.1) is 12.8 Å². The minimum absolute atomic E-state index is 0.893. The van der Waals surface area contributed by atoms with Gasteiger partial charge >= 0.3 is 0 Å². The highest BCUT2D eigenvalue weighted by atomic mass is 16.5. The van der Waals surface area contributed by atoms with Gasteiger partial charge in [-0.05, 0) is 38.1 Å². The summed E-state index contributed by atoms with van der Waals surface area (Å²) in [5.74, 6) is 0.893. The topological polar surface area (TPSA) is 34.2 Å². The molecule has 0 saturated heterocycles. The lowest BCUT2D eigenvalue weighted by atomic mass is 10.2. The summed E-state index contributed by atoms with van der Waals surface area (Å²) in [4.78, 5) is 4.29. The normalized spacial score (nSPS) is 10.1. The second kappa shape index (κ2) is 6.38. The molecule has 0 atom stereocenters. The first kappa shape index (κ1) is 11.0. The molecule has 3 nitrogen and oxygen atoms in total. The zero-order chi connectivity index (χ0) is 10.2. The van der Waals surface area contributed by atoms with Crippen LogP contribution in [0.4, 0.5) is 0 Å². The fourth-order valence-electron chi connectivity index (χ4n) is 1.35. The summed E-state index contributed by atoms with van der Waals surface area (Å²) >= 11 is 0. The molecule has 0 spiro atoms. The van der Waals surface area contributed by atoms with E-state index in [2.05, 4.69) is 17.2 Å². The van der Waals surface area contributed by atoms with Crippen LogP contribution >= 0.6 is 0 Å². The molecule has 1 heterocycles. The first-order chi connectivity index (χ1) is 6.88. The number of hydrogen-bond acceptors (Lipinski definition) is 3. The second-order valence-electron chi connectivity index (χ2n) is 3.11. The van der Waals surface area contributed by atoms with Crippen LogP contribution in [0.1, 0.15) is 19.0 Å². The van der Waals surface area contributed by atoms with Crippen LogP contribution in [0.5, 0.6) is 5.75 Å². The van der Waals surface area contributed by atoms with Crippen molar-refractivity contribution in [2.24, 2.45) is 0 Å². The van der Waals surface area contributed by atoms with Gasteiger partial charge in [-0.3, -0.25) is 4.98 Å². The van der Waals surface area contributed by atoms with E-state index in [-0.39, 0.29) is 0 Å². The molecular formula is C11H18N2O. The van der Waals surface area contributed by atoms with E-state index in [9.17, 15) is 0 Å². The van der Waals surface area contributed by atoms with Crippen LogP contribution in [0.2, 0.25) is 0 Å². The van der Waals surface area contributed by atoms with Gasteiger partial charge < -0.3 is 10.1 Å². The maximum absolute atomic E-state index is 5.22. The highest BCUT2D eigenvalue weighted by molar-refractivity contribution is 5.26. The van der Waals surface area contributed by atoms with Crippen molar-refractivity contribution < 1.29 is 4.74 Å². The van der Waals surface area contributed by atoms with Crippen LogP contribution in [0.25, 0.3) is 0 Å². The van der Waals surface area contributed by atoms with Crippen LogP contribution in [-0.2, 0) is 6.42 Å². The fourth-order valence-corrected chi connectivity index (χ4v) is 1.35. The first-order valence-corrected chi connectivity index (χ1v) is 5.07. The molecule has 1 N–H and O–H groups in total. The van der Waals surface area contributed by atoms with Gasteiger partial charge in [0.25, 0.3) is 0 Å².